The van der Waals surface area contributed by atoms with Crippen LogP contribution in [-0.4, -0.2) is 46.0 Å². The Hall–Kier alpha value is -2.82. The number of hydrogen-bond acceptors (Lipinski definition) is 9. The second-order valence-corrected chi connectivity index (χ2v) is 9.01. The van der Waals surface area contributed by atoms with Crippen molar-refractivity contribution in [2.45, 2.75) is 27.2 Å². The Labute approximate surface area is 196 Å². The molecule has 0 aliphatic heterocycles. The number of aromatic nitrogens is 4. The molecule has 0 unspecified atom stereocenters. The molecule has 0 saturated heterocycles. The predicted molar refractivity (Wildman–Crippen MR) is 130 cm³/mol. The number of para-hydroxylation sites is 1. The molecule has 0 spiro atoms. The van der Waals surface area contributed by atoms with Gasteiger partial charge in [-0.3, -0.25) is 10.1 Å². The van der Waals surface area contributed by atoms with Crippen LogP contribution in [-0.2, 0) is 6.42 Å². The lowest BCUT2D eigenvalue weighted by atomic mass is 10.1. The minimum absolute atomic E-state index is 0.280. The number of carbonyl (C=O) groups is 1. The van der Waals surface area contributed by atoms with Gasteiger partial charge >= 0.3 is 0 Å². The maximum atomic E-state index is 12.7. The molecule has 170 valence electrons. The Morgan fingerprint density at radius 2 is 1.94 bits per heavy atom. The molecule has 0 fully saturated rings. The molecule has 2 heterocycles. The van der Waals surface area contributed by atoms with Crippen molar-refractivity contribution in [2.24, 2.45) is 5.92 Å². The predicted octanol–water partition coefficient (Wildman–Crippen LogP) is 4.12. The van der Waals surface area contributed by atoms with Crippen LogP contribution in [0.4, 0.5) is 22.7 Å². The maximum Gasteiger partial charge on any atom is 0.267 e. The second-order valence-electron chi connectivity index (χ2n) is 7.57. The van der Waals surface area contributed by atoms with Crippen molar-refractivity contribution in [1.82, 2.24) is 25.3 Å². The van der Waals surface area contributed by atoms with Gasteiger partial charge in [-0.25, -0.2) is 4.98 Å². The fourth-order valence-corrected chi connectivity index (χ4v) is 3.78. The average molecular weight is 475 g/mol. The summed E-state index contributed by atoms with van der Waals surface area (Å²) in [4.78, 5) is 30.8. The van der Waals surface area contributed by atoms with E-state index in [0.29, 0.717) is 50.9 Å². The van der Waals surface area contributed by atoms with Crippen LogP contribution in [0.25, 0.3) is 0 Å². The van der Waals surface area contributed by atoms with Crippen molar-refractivity contribution < 1.29 is 4.79 Å². The summed E-state index contributed by atoms with van der Waals surface area (Å²) in [6.45, 7) is 7.57. The van der Waals surface area contributed by atoms with Crippen LogP contribution >= 0.6 is 22.9 Å². The summed E-state index contributed by atoms with van der Waals surface area (Å²) < 4.78 is 0. The van der Waals surface area contributed by atoms with Gasteiger partial charge in [0, 0.05) is 19.5 Å². The molecule has 9 nitrogen and oxygen atoms in total. The standard InChI is InChI=1S/C21H27ClN8OS/c1-12(2)10-16-26-19(24-9-8-23-4)29-20(27-16)30-21-25-11-15(32-21)18(31)28-17-13(3)6-5-7-14(17)22/h5-7,11-12,23H,8-10H2,1-4H3,(H,28,31)(H2,24,25,26,27,29,30). The molecule has 1 amide bonds. The summed E-state index contributed by atoms with van der Waals surface area (Å²) in [6.07, 6.45) is 2.23. The minimum Gasteiger partial charge on any atom is -0.353 e. The summed E-state index contributed by atoms with van der Waals surface area (Å²) in [5.41, 5.74) is 1.48. The number of hydrogen-bond donors (Lipinski definition) is 4. The van der Waals surface area contributed by atoms with Crippen molar-refractivity contribution in [3.63, 3.8) is 0 Å². The first-order chi connectivity index (χ1) is 15.4. The van der Waals surface area contributed by atoms with Gasteiger partial charge in [-0.05, 0) is 31.5 Å². The molecule has 2 aromatic heterocycles. The van der Waals surface area contributed by atoms with E-state index >= 15 is 0 Å². The summed E-state index contributed by atoms with van der Waals surface area (Å²) in [5.74, 6) is 1.69. The molecule has 0 saturated carbocycles. The van der Waals surface area contributed by atoms with Gasteiger partial charge in [0.1, 0.15) is 10.7 Å². The number of thiazole rings is 1. The topological polar surface area (TPSA) is 117 Å². The monoisotopic (exact) mass is 474 g/mol. The van der Waals surface area contributed by atoms with E-state index in [2.05, 4.69) is 55.1 Å². The first-order valence-electron chi connectivity index (χ1n) is 10.3. The van der Waals surface area contributed by atoms with Gasteiger partial charge in [0.2, 0.25) is 11.9 Å². The number of carbonyl (C=O) groups excluding carboxylic acids is 1. The van der Waals surface area contributed by atoms with E-state index in [4.69, 9.17) is 11.6 Å². The van der Waals surface area contributed by atoms with Gasteiger partial charge in [0.25, 0.3) is 5.91 Å². The van der Waals surface area contributed by atoms with Gasteiger partial charge in [-0.2, -0.15) is 15.0 Å². The Bertz CT molecular complexity index is 1050. The highest BCUT2D eigenvalue weighted by Crippen LogP contribution is 2.27. The van der Waals surface area contributed by atoms with Crippen molar-refractivity contribution in [3.05, 3.63) is 45.7 Å². The maximum absolute atomic E-state index is 12.7. The van der Waals surface area contributed by atoms with E-state index in [-0.39, 0.29) is 5.91 Å². The smallest absolute Gasteiger partial charge is 0.267 e. The van der Waals surface area contributed by atoms with Crippen LogP contribution in [0.15, 0.2) is 24.4 Å². The SMILES string of the molecule is CNCCNc1nc(CC(C)C)nc(Nc2ncc(C(=O)Nc3c(C)cccc3Cl)s2)n1. The van der Waals surface area contributed by atoms with E-state index < -0.39 is 0 Å². The number of anilines is 4. The number of nitrogens with zero attached hydrogens (tertiary/aromatic N) is 4. The third-order valence-electron chi connectivity index (χ3n) is 4.34. The van der Waals surface area contributed by atoms with Crippen molar-refractivity contribution >= 4 is 51.6 Å². The Morgan fingerprint density at radius 3 is 2.66 bits per heavy atom. The number of rotatable bonds is 10. The number of amides is 1. The lowest BCUT2D eigenvalue weighted by molar-refractivity contribution is 0.103. The van der Waals surface area contributed by atoms with Crippen LogP contribution in [0, 0.1) is 12.8 Å². The van der Waals surface area contributed by atoms with Gasteiger partial charge in [-0.15, -0.1) is 0 Å². The Balaban J connectivity index is 1.74. The zero-order chi connectivity index (χ0) is 23.1. The molecule has 1 aromatic carbocycles. The molecule has 0 radical (unpaired) electrons. The molecular formula is C21H27ClN8OS. The minimum atomic E-state index is -0.280. The van der Waals surface area contributed by atoms with Crippen molar-refractivity contribution in [3.8, 4) is 0 Å². The number of likely N-dealkylation sites (N-methyl/N-ethyl adjacent to an activating group) is 1. The normalized spacial score (nSPS) is 10.9. The van der Waals surface area contributed by atoms with E-state index in [9.17, 15) is 4.79 Å². The van der Waals surface area contributed by atoms with Gasteiger partial charge in [0.05, 0.1) is 16.9 Å². The molecule has 0 bridgehead atoms. The third kappa shape index (κ3) is 6.59. The van der Waals surface area contributed by atoms with E-state index in [1.807, 2.05) is 26.1 Å². The van der Waals surface area contributed by atoms with Crippen LogP contribution in [0.2, 0.25) is 5.02 Å². The summed E-state index contributed by atoms with van der Waals surface area (Å²) in [6, 6.07) is 5.46. The first-order valence-corrected chi connectivity index (χ1v) is 11.5. The zero-order valence-corrected chi connectivity index (χ0v) is 20.1. The van der Waals surface area contributed by atoms with Gasteiger partial charge in [0.15, 0.2) is 5.13 Å². The van der Waals surface area contributed by atoms with Crippen molar-refractivity contribution in [1.29, 1.82) is 0 Å². The fourth-order valence-electron chi connectivity index (χ4n) is 2.81. The molecule has 11 heteroatoms. The quantitative estimate of drug-likeness (QED) is 0.324. The highest BCUT2D eigenvalue weighted by Gasteiger charge is 2.15. The number of benzene rings is 1. The highest BCUT2D eigenvalue weighted by atomic mass is 35.5. The molecular weight excluding hydrogens is 448 g/mol. The zero-order valence-electron chi connectivity index (χ0n) is 18.5. The summed E-state index contributed by atoms with van der Waals surface area (Å²) in [7, 11) is 1.88. The largest absolute Gasteiger partial charge is 0.353 e. The number of halogens is 1. The summed E-state index contributed by atoms with van der Waals surface area (Å²) >= 11 is 7.42. The molecule has 0 aliphatic carbocycles. The fraction of sp³-hybridized carbons (Fsp3) is 0.381. The molecule has 32 heavy (non-hydrogen) atoms. The Kier molecular flexibility index (Phi) is 8.32. The first kappa shape index (κ1) is 23.8. The molecule has 3 aromatic rings. The lowest BCUT2D eigenvalue weighted by Gasteiger charge is -2.10. The van der Waals surface area contributed by atoms with E-state index in [1.165, 1.54) is 17.5 Å². The van der Waals surface area contributed by atoms with Crippen molar-refractivity contribution in [2.75, 3.05) is 36.1 Å². The number of aryl methyl sites for hydroxylation is 1. The summed E-state index contributed by atoms with van der Waals surface area (Å²) in [5, 5.41) is 13.2. The highest BCUT2D eigenvalue weighted by molar-refractivity contribution is 7.17. The second kappa shape index (κ2) is 11.2. The third-order valence-corrected chi connectivity index (χ3v) is 5.57. The van der Waals surface area contributed by atoms with Crippen LogP contribution in [0.5, 0.6) is 0 Å². The number of nitrogens with one attached hydrogen (secondary N) is 4. The Morgan fingerprint density at radius 1 is 1.16 bits per heavy atom. The van der Waals surface area contributed by atoms with Gasteiger partial charge in [-0.1, -0.05) is 48.9 Å². The van der Waals surface area contributed by atoms with E-state index in [0.717, 1.165) is 18.5 Å². The van der Waals surface area contributed by atoms with Crippen LogP contribution in [0.3, 0.4) is 0 Å². The lowest BCUT2D eigenvalue weighted by Crippen LogP contribution is -2.20. The van der Waals surface area contributed by atoms with Gasteiger partial charge < -0.3 is 16.0 Å². The molecule has 0 aliphatic rings. The van der Waals surface area contributed by atoms with E-state index in [1.54, 1.807) is 6.07 Å². The van der Waals surface area contributed by atoms with Crippen LogP contribution in [0.1, 0.15) is 34.9 Å². The average Bonchev–Trinajstić information content (AvgIpc) is 3.19. The molecule has 0 atom stereocenters. The molecule has 4 N–H and O–H groups in total. The molecule has 3 rings (SSSR count). The van der Waals surface area contributed by atoms with Crippen LogP contribution < -0.4 is 21.3 Å².